The maximum Gasteiger partial charge on any atom is 0.144 e. The molecule has 0 amide bonds. The zero-order chi connectivity index (χ0) is 13.8. The van der Waals surface area contributed by atoms with Gasteiger partial charge in [-0.05, 0) is 33.2 Å². The fourth-order valence-electron chi connectivity index (χ4n) is 2.31. The summed E-state index contributed by atoms with van der Waals surface area (Å²) in [5.74, 6) is 0.310. The van der Waals surface area contributed by atoms with E-state index in [9.17, 15) is 0 Å². The highest BCUT2D eigenvalue weighted by atomic mass is 16.5. The molecule has 1 heterocycles. The number of nitrogens with two attached hydrogens (primary N) is 1. The maximum atomic E-state index is 8.72. The van der Waals surface area contributed by atoms with Crippen molar-refractivity contribution in [2.75, 3.05) is 26.2 Å². The molecule has 3 N–H and O–H groups in total. The molecule has 5 heteroatoms. The fraction of sp³-hybridized carbons (Fsp3) is 0.923. The zero-order valence-corrected chi connectivity index (χ0v) is 12.1. The van der Waals surface area contributed by atoms with Crippen molar-refractivity contribution < 1.29 is 9.94 Å². The van der Waals surface area contributed by atoms with E-state index in [4.69, 9.17) is 15.7 Å². The molecule has 18 heavy (non-hydrogen) atoms. The largest absolute Gasteiger partial charge is 0.409 e. The Morgan fingerprint density at radius 1 is 1.50 bits per heavy atom. The van der Waals surface area contributed by atoms with Gasteiger partial charge in [-0.3, -0.25) is 4.90 Å². The van der Waals surface area contributed by atoms with Crippen molar-refractivity contribution in [3.63, 3.8) is 0 Å². The Morgan fingerprint density at radius 3 is 2.72 bits per heavy atom. The summed E-state index contributed by atoms with van der Waals surface area (Å²) in [5.41, 5.74) is 5.40. The van der Waals surface area contributed by atoms with Crippen LogP contribution in [0, 0.1) is 5.41 Å². The van der Waals surface area contributed by atoms with Gasteiger partial charge in [-0.1, -0.05) is 19.0 Å². The number of rotatable bonds is 5. The van der Waals surface area contributed by atoms with Crippen LogP contribution in [0.5, 0.6) is 0 Å². The van der Waals surface area contributed by atoms with Gasteiger partial charge in [0.25, 0.3) is 0 Å². The van der Waals surface area contributed by atoms with E-state index < -0.39 is 0 Å². The van der Waals surface area contributed by atoms with Gasteiger partial charge in [0.15, 0.2) is 0 Å². The fourth-order valence-corrected chi connectivity index (χ4v) is 2.31. The molecule has 0 atom stereocenters. The molecule has 1 fully saturated rings. The molecule has 0 aromatic carbocycles. The predicted molar refractivity (Wildman–Crippen MR) is 72.9 cm³/mol. The van der Waals surface area contributed by atoms with E-state index >= 15 is 0 Å². The monoisotopic (exact) mass is 257 g/mol. The topological polar surface area (TPSA) is 71.1 Å². The van der Waals surface area contributed by atoms with E-state index in [0.29, 0.717) is 5.84 Å². The molecule has 0 saturated carbocycles. The molecule has 0 radical (unpaired) electrons. The van der Waals surface area contributed by atoms with Crippen LogP contribution in [-0.2, 0) is 4.74 Å². The van der Waals surface area contributed by atoms with Crippen LogP contribution in [-0.4, -0.2) is 47.8 Å². The quantitative estimate of drug-likeness (QED) is 0.340. The van der Waals surface area contributed by atoms with Gasteiger partial charge in [-0.25, -0.2) is 0 Å². The zero-order valence-electron chi connectivity index (χ0n) is 12.1. The third-order valence-corrected chi connectivity index (χ3v) is 3.58. The molecule has 0 bridgehead atoms. The smallest absolute Gasteiger partial charge is 0.144 e. The van der Waals surface area contributed by atoms with E-state index in [0.717, 1.165) is 39.1 Å². The number of morpholine rings is 1. The molecule has 5 nitrogen and oxygen atoms in total. The second-order valence-corrected chi connectivity index (χ2v) is 6.36. The molecule has 0 unspecified atom stereocenters. The Bertz CT molecular complexity index is 301. The molecule has 1 aliphatic rings. The Balaban J connectivity index is 2.34. The lowest BCUT2D eigenvalue weighted by atomic mass is 9.86. The first-order valence-electron chi connectivity index (χ1n) is 6.61. The molecular weight excluding hydrogens is 230 g/mol. The van der Waals surface area contributed by atoms with Crippen molar-refractivity contribution in [3.8, 4) is 0 Å². The number of oxime groups is 1. The summed E-state index contributed by atoms with van der Waals surface area (Å²) in [7, 11) is 0. The van der Waals surface area contributed by atoms with Gasteiger partial charge >= 0.3 is 0 Å². The lowest BCUT2D eigenvalue weighted by Crippen LogP contribution is -2.48. The Morgan fingerprint density at radius 2 is 2.17 bits per heavy atom. The molecular formula is C13H27N3O2. The van der Waals surface area contributed by atoms with E-state index in [1.54, 1.807) is 0 Å². The summed E-state index contributed by atoms with van der Waals surface area (Å²) in [6, 6.07) is 0. The van der Waals surface area contributed by atoms with Crippen LogP contribution in [0.2, 0.25) is 0 Å². The van der Waals surface area contributed by atoms with E-state index in [1.165, 1.54) is 0 Å². The van der Waals surface area contributed by atoms with Crippen molar-refractivity contribution in [2.24, 2.45) is 16.3 Å². The van der Waals surface area contributed by atoms with Crippen LogP contribution in [0.4, 0.5) is 0 Å². The first-order chi connectivity index (χ1) is 8.27. The Labute approximate surface area is 110 Å². The Hall–Kier alpha value is -0.810. The maximum absolute atomic E-state index is 8.72. The number of hydrogen-bond donors (Lipinski definition) is 2. The van der Waals surface area contributed by atoms with Gasteiger partial charge in [-0.15, -0.1) is 0 Å². The number of ether oxygens (including phenoxy) is 1. The molecule has 1 aliphatic heterocycles. The summed E-state index contributed by atoms with van der Waals surface area (Å²) in [4.78, 5) is 2.42. The van der Waals surface area contributed by atoms with E-state index in [2.05, 4.69) is 23.9 Å². The average Bonchev–Trinajstić information content (AvgIpc) is 2.26. The first kappa shape index (κ1) is 15.2. The van der Waals surface area contributed by atoms with Crippen molar-refractivity contribution in [1.29, 1.82) is 0 Å². The van der Waals surface area contributed by atoms with Gasteiger partial charge < -0.3 is 15.7 Å². The van der Waals surface area contributed by atoms with Crippen LogP contribution < -0.4 is 5.73 Å². The molecule has 0 aromatic heterocycles. The van der Waals surface area contributed by atoms with Crippen LogP contribution in [0.15, 0.2) is 5.16 Å². The molecule has 0 aromatic rings. The van der Waals surface area contributed by atoms with Gasteiger partial charge in [0.05, 0.1) is 12.2 Å². The first-order valence-corrected chi connectivity index (χ1v) is 6.61. The predicted octanol–water partition coefficient (Wildman–Crippen LogP) is 1.65. The van der Waals surface area contributed by atoms with E-state index in [-0.39, 0.29) is 11.0 Å². The van der Waals surface area contributed by atoms with Crippen molar-refractivity contribution in [2.45, 2.75) is 46.1 Å². The van der Waals surface area contributed by atoms with E-state index in [1.807, 2.05) is 13.8 Å². The third-order valence-electron chi connectivity index (χ3n) is 3.58. The summed E-state index contributed by atoms with van der Waals surface area (Å²) in [6.07, 6.45) is 1.96. The summed E-state index contributed by atoms with van der Waals surface area (Å²) in [6.45, 7) is 12.1. The second kappa shape index (κ2) is 5.89. The highest BCUT2D eigenvalue weighted by Gasteiger charge is 2.28. The minimum Gasteiger partial charge on any atom is -0.409 e. The summed E-state index contributed by atoms with van der Waals surface area (Å²) < 4.78 is 5.68. The lowest BCUT2D eigenvalue weighted by molar-refractivity contribution is -0.0863. The molecule has 1 saturated heterocycles. The molecule has 0 aliphatic carbocycles. The number of nitrogens with zero attached hydrogens (tertiary/aromatic N) is 2. The van der Waals surface area contributed by atoms with Crippen LogP contribution >= 0.6 is 0 Å². The van der Waals surface area contributed by atoms with Crippen LogP contribution in [0.1, 0.15) is 40.5 Å². The van der Waals surface area contributed by atoms with Crippen LogP contribution in [0.3, 0.4) is 0 Å². The SMILES string of the molecule is CC1(C)CN(CCCC(C)(C)C(N)=NO)CCO1. The van der Waals surface area contributed by atoms with Crippen molar-refractivity contribution >= 4 is 5.84 Å². The van der Waals surface area contributed by atoms with Gasteiger partial charge in [0.2, 0.25) is 0 Å². The number of hydrogen-bond acceptors (Lipinski definition) is 4. The van der Waals surface area contributed by atoms with Gasteiger partial charge in [-0.2, -0.15) is 0 Å². The lowest BCUT2D eigenvalue weighted by Gasteiger charge is -2.38. The number of amidine groups is 1. The summed E-state index contributed by atoms with van der Waals surface area (Å²) in [5, 5.41) is 11.8. The molecule has 106 valence electrons. The summed E-state index contributed by atoms with van der Waals surface area (Å²) >= 11 is 0. The van der Waals surface area contributed by atoms with Crippen molar-refractivity contribution in [3.05, 3.63) is 0 Å². The minimum absolute atomic E-state index is 0.0423. The standard InChI is InChI=1S/C13H27N3O2/c1-12(2,11(14)15-17)6-5-7-16-8-9-18-13(3,4)10-16/h17H,5-10H2,1-4H3,(H2,14,15). The highest BCUT2D eigenvalue weighted by molar-refractivity contribution is 5.85. The van der Waals surface area contributed by atoms with Gasteiger partial charge in [0.1, 0.15) is 5.84 Å². The van der Waals surface area contributed by atoms with Gasteiger partial charge in [0, 0.05) is 18.5 Å². The normalized spacial score (nSPS) is 22.1. The van der Waals surface area contributed by atoms with Crippen LogP contribution in [0.25, 0.3) is 0 Å². The van der Waals surface area contributed by atoms with Crippen molar-refractivity contribution in [1.82, 2.24) is 4.90 Å². The molecule has 1 rings (SSSR count). The molecule has 0 spiro atoms. The Kier molecular flexibility index (Phi) is 4.99. The third kappa shape index (κ3) is 4.46. The minimum atomic E-state index is -0.240. The average molecular weight is 257 g/mol. The second-order valence-electron chi connectivity index (χ2n) is 6.36. The highest BCUT2D eigenvalue weighted by Crippen LogP contribution is 2.23.